The molecule has 1 atom stereocenters. The molecule has 1 unspecified atom stereocenters. The van der Waals surface area contributed by atoms with Gasteiger partial charge < -0.3 is 5.11 Å². The van der Waals surface area contributed by atoms with Crippen molar-refractivity contribution in [3.05, 3.63) is 64.2 Å². The standard InChI is InChI=1S/C21H21ClF3NO2S/c1-29-16-5-2-13(3-6-16)19(26-10-8-14(9-11-26)20(27)28)15-4-7-18(22)17(12-15)21(23,24)25/h2-7,12,14,19H,8-11H2,1H3,(H,27,28). The molecule has 1 N–H and O–H groups in total. The molecule has 1 saturated heterocycles. The zero-order chi connectivity index (χ0) is 21.2. The average molecular weight is 444 g/mol. The number of halogens is 4. The van der Waals surface area contributed by atoms with Crippen LogP contribution in [0.5, 0.6) is 0 Å². The Morgan fingerprint density at radius 3 is 2.24 bits per heavy atom. The number of carboxylic acids is 1. The Morgan fingerprint density at radius 1 is 1.14 bits per heavy atom. The third-order valence-electron chi connectivity index (χ3n) is 5.29. The van der Waals surface area contributed by atoms with E-state index in [1.807, 2.05) is 30.5 Å². The van der Waals surface area contributed by atoms with Gasteiger partial charge in [-0.15, -0.1) is 11.8 Å². The van der Waals surface area contributed by atoms with Crippen LogP contribution in [0.25, 0.3) is 0 Å². The fraction of sp³-hybridized carbons (Fsp3) is 0.381. The van der Waals surface area contributed by atoms with Gasteiger partial charge in [-0.25, -0.2) is 0 Å². The lowest BCUT2D eigenvalue weighted by Gasteiger charge is -2.37. The maximum Gasteiger partial charge on any atom is 0.417 e. The van der Waals surface area contributed by atoms with Gasteiger partial charge in [0, 0.05) is 4.90 Å². The van der Waals surface area contributed by atoms with E-state index in [0.29, 0.717) is 31.5 Å². The van der Waals surface area contributed by atoms with E-state index in [1.165, 1.54) is 6.07 Å². The van der Waals surface area contributed by atoms with E-state index in [1.54, 1.807) is 17.8 Å². The number of likely N-dealkylation sites (tertiary alicyclic amines) is 1. The van der Waals surface area contributed by atoms with Crippen molar-refractivity contribution in [2.75, 3.05) is 19.3 Å². The molecule has 156 valence electrons. The Kier molecular flexibility index (Phi) is 6.81. The number of nitrogens with zero attached hydrogens (tertiary/aromatic N) is 1. The number of hydrogen-bond donors (Lipinski definition) is 1. The van der Waals surface area contributed by atoms with Crippen molar-refractivity contribution in [2.45, 2.75) is 30.0 Å². The quantitative estimate of drug-likeness (QED) is 0.578. The molecule has 29 heavy (non-hydrogen) atoms. The van der Waals surface area contributed by atoms with Crippen molar-refractivity contribution >= 4 is 29.3 Å². The minimum Gasteiger partial charge on any atom is -0.481 e. The summed E-state index contributed by atoms with van der Waals surface area (Å²) >= 11 is 7.40. The van der Waals surface area contributed by atoms with E-state index < -0.39 is 29.7 Å². The molecule has 0 spiro atoms. The zero-order valence-electron chi connectivity index (χ0n) is 15.7. The number of carboxylic acid groups (broad SMARTS) is 1. The van der Waals surface area contributed by atoms with Gasteiger partial charge in [-0.3, -0.25) is 9.69 Å². The Labute approximate surface area is 176 Å². The smallest absolute Gasteiger partial charge is 0.417 e. The summed E-state index contributed by atoms with van der Waals surface area (Å²) in [5, 5.41) is 8.92. The monoisotopic (exact) mass is 443 g/mol. The fourth-order valence-corrected chi connectivity index (χ4v) is 4.37. The van der Waals surface area contributed by atoms with Crippen LogP contribution in [-0.2, 0) is 11.0 Å². The number of benzene rings is 2. The molecule has 8 heteroatoms. The first-order valence-electron chi connectivity index (χ1n) is 9.18. The van der Waals surface area contributed by atoms with E-state index in [2.05, 4.69) is 4.90 Å². The van der Waals surface area contributed by atoms with Gasteiger partial charge in [-0.2, -0.15) is 13.2 Å². The van der Waals surface area contributed by atoms with E-state index in [0.717, 1.165) is 16.5 Å². The highest BCUT2D eigenvalue weighted by atomic mass is 35.5. The van der Waals surface area contributed by atoms with Gasteiger partial charge in [0.2, 0.25) is 0 Å². The van der Waals surface area contributed by atoms with Gasteiger partial charge in [-0.05, 0) is 67.6 Å². The van der Waals surface area contributed by atoms with Crippen LogP contribution >= 0.6 is 23.4 Å². The second-order valence-electron chi connectivity index (χ2n) is 7.06. The molecule has 3 rings (SSSR count). The van der Waals surface area contributed by atoms with Crippen LogP contribution < -0.4 is 0 Å². The fourth-order valence-electron chi connectivity index (χ4n) is 3.74. The Bertz CT molecular complexity index is 865. The highest BCUT2D eigenvalue weighted by molar-refractivity contribution is 7.98. The summed E-state index contributed by atoms with van der Waals surface area (Å²) in [6, 6.07) is 11.3. The first-order chi connectivity index (χ1) is 13.7. The predicted octanol–water partition coefficient (Wildman–Crippen LogP) is 5.97. The Morgan fingerprint density at radius 2 is 1.72 bits per heavy atom. The Balaban J connectivity index is 2.00. The lowest BCUT2D eigenvalue weighted by Crippen LogP contribution is -2.39. The number of rotatable bonds is 5. The maximum absolute atomic E-state index is 13.4. The molecule has 2 aromatic carbocycles. The lowest BCUT2D eigenvalue weighted by atomic mass is 9.90. The topological polar surface area (TPSA) is 40.5 Å². The first kappa shape index (κ1) is 22.0. The van der Waals surface area contributed by atoms with Crippen LogP contribution in [0, 0.1) is 5.92 Å². The molecule has 0 aliphatic carbocycles. The van der Waals surface area contributed by atoms with Gasteiger partial charge in [0.15, 0.2) is 0 Å². The SMILES string of the molecule is CSc1ccc(C(c2ccc(Cl)c(C(F)(F)F)c2)N2CCC(C(=O)O)CC2)cc1. The molecule has 0 amide bonds. The summed E-state index contributed by atoms with van der Waals surface area (Å²) in [6.07, 6.45) is -1.66. The van der Waals surface area contributed by atoms with Gasteiger partial charge in [0.25, 0.3) is 0 Å². The summed E-state index contributed by atoms with van der Waals surface area (Å²) in [7, 11) is 0. The molecule has 1 heterocycles. The highest BCUT2D eigenvalue weighted by Gasteiger charge is 2.35. The third-order valence-corrected chi connectivity index (χ3v) is 6.36. The van der Waals surface area contributed by atoms with E-state index in [-0.39, 0.29) is 5.02 Å². The molecular weight excluding hydrogens is 423 g/mol. The molecule has 1 aliphatic heterocycles. The second-order valence-corrected chi connectivity index (χ2v) is 8.35. The number of thioether (sulfide) groups is 1. The van der Waals surface area contributed by atoms with Gasteiger partial charge in [0.05, 0.1) is 22.5 Å². The minimum absolute atomic E-state index is 0.331. The van der Waals surface area contributed by atoms with E-state index in [9.17, 15) is 23.1 Å². The summed E-state index contributed by atoms with van der Waals surface area (Å²) in [5.41, 5.74) is 0.502. The number of hydrogen-bond acceptors (Lipinski definition) is 3. The van der Waals surface area contributed by atoms with Crippen molar-refractivity contribution in [3.8, 4) is 0 Å². The maximum atomic E-state index is 13.4. The molecule has 3 nitrogen and oxygen atoms in total. The molecule has 2 aromatic rings. The van der Waals surface area contributed by atoms with Crippen molar-refractivity contribution in [2.24, 2.45) is 5.92 Å². The lowest BCUT2D eigenvalue weighted by molar-refractivity contribution is -0.143. The number of carbonyl (C=O) groups is 1. The normalized spacial score (nSPS) is 17.3. The zero-order valence-corrected chi connectivity index (χ0v) is 17.3. The van der Waals surface area contributed by atoms with Crippen LogP contribution in [0.1, 0.15) is 35.6 Å². The van der Waals surface area contributed by atoms with E-state index in [4.69, 9.17) is 11.6 Å². The van der Waals surface area contributed by atoms with Gasteiger partial charge >= 0.3 is 12.1 Å². The van der Waals surface area contributed by atoms with Crippen molar-refractivity contribution < 1.29 is 23.1 Å². The van der Waals surface area contributed by atoms with Crippen molar-refractivity contribution in [3.63, 3.8) is 0 Å². The minimum atomic E-state index is -4.54. The summed E-state index contributed by atoms with van der Waals surface area (Å²) in [5.74, 6) is -1.24. The van der Waals surface area contributed by atoms with Crippen LogP contribution in [-0.4, -0.2) is 35.3 Å². The van der Waals surface area contributed by atoms with Crippen LogP contribution in [0.2, 0.25) is 5.02 Å². The molecular formula is C21H21ClF3NO2S. The van der Waals surface area contributed by atoms with Crippen LogP contribution in [0.15, 0.2) is 47.4 Å². The average Bonchev–Trinajstić information content (AvgIpc) is 2.69. The number of aliphatic carboxylic acids is 1. The molecule has 1 fully saturated rings. The predicted molar refractivity (Wildman–Crippen MR) is 108 cm³/mol. The summed E-state index contributed by atoms with van der Waals surface area (Å²) in [6.45, 7) is 0.992. The number of alkyl halides is 3. The Hall–Kier alpha value is -1.70. The second kappa shape index (κ2) is 8.98. The van der Waals surface area contributed by atoms with Crippen LogP contribution in [0.3, 0.4) is 0 Å². The molecule has 0 saturated carbocycles. The van der Waals surface area contributed by atoms with Gasteiger partial charge in [0.1, 0.15) is 0 Å². The van der Waals surface area contributed by atoms with Crippen molar-refractivity contribution in [1.29, 1.82) is 0 Å². The molecule has 1 aliphatic rings. The largest absolute Gasteiger partial charge is 0.481 e. The van der Waals surface area contributed by atoms with Crippen LogP contribution in [0.4, 0.5) is 13.2 Å². The van der Waals surface area contributed by atoms with Crippen molar-refractivity contribution in [1.82, 2.24) is 4.90 Å². The molecule has 0 radical (unpaired) electrons. The summed E-state index contributed by atoms with van der Waals surface area (Å²) < 4.78 is 40.2. The molecule has 0 aromatic heterocycles. The third kappa shape index (κ3) is 5.08. The number of piperidine rings is 1. The molecule has 0 bridgehead atoms. The highest BCUT2D eigenvalue weighted by Crippen LogP contribution is 2.39. The van der Waals surface area contributed by atoms with E-state index >= 15 is 0 Å². The summed E-state index contributed by atoms with van der Waals surface area (Å²) in [4.78, 5) is 14.4. The first-order valence-corrected chi connectivity index (χ1v) is 10.8. The van der Waals surface area contributed by atoms with Gasteiger partial charge in [-0.1, -0.05) is 29.8 Å².